The van der Waals surface area contributed by atoms with Gasteiger partial charge in [0.25, 0.3) is 11.5 Å². The zero-order chi connectivity index (χ0) is 21.0. The Hall–Kier alpha value is -3.63. The van der Waals surface area contributed by atoms with Crippen molar-refractivity contribution in [3.63, 3.8) is 0 Å². The average molecular weight is 401 g/mol. The fourth-order valence-electron chi connectivity index (χ4n) is 2.96. The topological polar surface area (TPSA) is 145 Å². The van der Waals surface area contributed by atoms with E-state index in [1.165, 1.54) is 33.1 Å². The third-order valence-corrected chi connectivity index (χ3v) is 4.57. The number of carbonyl (C=O) groups is 1. The molecule has 3 N–H and O–H groups in total. The third-order valence-electron chi connectivity index (χ3n) is 4.57. The van der Waals surface area contributed by atoms with E-state index in [1.54, 1.807) is 19.1 Å². The zero-order valence-electron chi connectivity index (χ0n) is 16.2. The summed E-state index contributed by atoms with van der Waals surface area (Å²) in [6.45, 7) is 3.89. The van der Waals surface area contributed by atoms with Crippen molar-refractivity contribution in [3.05, 3.63) is 57.6 Å². The Balaban J connectivity index is 2.10. The summed E-state index contributed by atoms with van der Waals surface area (Å²) in [5.74, 6) is -0.0723. The van der Waals surface area contributed by atoms with Gasteiger partial charge >= 0.3 is 5.69 Å². The molecule has 154 valence electrons. The number of carbonyl (C=O) groups excluding carboxylic acids is 1. The van der Waals surface area contributed by atoms with Crippen LogP contribution < -0.4 is 21.9 Å². The number of nitrogens with one attached hydrogen (secondary N) is 1. The second-order valence-electron chi connectivity index (χ2n) is 6.55. The van der Waals surface area contributed by atoms with Gasteiger partial charge in [-0.3, -0.25) is 24.0 Å². The van der Waals surface area contributed by atoms with Gasteiger partial charge in [-0.15, -0.1) is 0 Å². The van der Waals surface area contributed by atoms with E-state index in [9.17, 15) is 14.4 Å². The van der Waals surface area contributed by atoms with Gasteiger partial charge in [0.1, 0.15) is 30.3 Å². The largest absolute Gasteiger partial charge is 0.467 e. The van der Waals surface area contributed by atoms with Crippen molar-refractivity contribution < 1.29 is 9.21 Å². The summed E-state index contributed by atoms with van der Waals surface area (Å²) in [5.41, 5.74) is 4.74. The van der Waals surface area contributed by atoms with Crippen LogP contribution in [0.15, 0.2) is 45.1 Å². The van der Waals surface area contributed by atoms with Crippen LogP contribution in [0.3, 0.4) is 0 Å². The lowest BCUT2D eigenvalue weighted by molar-refractivity contribution is -0.121. The molecule has 0 aliphatic heterocycles. The molecule has 0 aliphatic rings. The predicted octanol–water partition coefficient (Wildman–Crippen LogP) is 0.898. The van der Waals surface area contributed by atoms with Gasteiger partial charge in [-0.25, -0.2) is 14.5 Å². The molecule has 29 heavy (non-hydrogen) atoms. The van der Waals surface area contributed by atoms with Crippen LogP contribution in [0.1, 0.15) is 38.5 Å². The molecule has 1 amide bonds. The standard InChI is InChI=1S/C18H23N7O4/c1-3-4-7-23-15(19)14(16(26)22-18(23)28)24(9-13-6-5-8-29-13)17(27)12(2)25-11-20-10-21-25/h5-6,8,10-12H,3-4,7,9,19H2,1-2H3,(H,22,26,28). The summed E-state index contributed by atoms with van der Waals surface area (Å²) < 4.78 is 7.99. The van der Waals surface area contributed by atoms with Gasteiger partial charge in [0.2, 0.25) is 0 Å². The Bertz CT molecular complexity index is 1070. The van der Waals surface area contributed by atoms with E-state index < -0.39 is 23.2 Å². The van der Waals surface area contributed by atoms with Gasteiger partial charge < -0.3 is 10.2 Å². The molecule has 11 heteroatoms. The number of hydrogen-bond donors (Lipinski definition) is 2. The lowest BCUT2D eigenvalue weighted by Crippen LogP contribution is -2.43. The summed E-state index contributed by atoms with van der Waals surface area (Å²) in [6.07, 6.45) is 5.71. The molecule has 0 radical (unpaired) electrons. The molecule has 0 saturated carbocycles. The molecule has 3 heterocycles. The molecule has 1 unspecified atom stereocenters. The highest BCUT2D eigenvalue weighted by atomic mass is 16.3. The van der Waals surface area contributed by atoms with Crippen LogP contribution in [0.5, 0.6) is 0 Å². The highest BCUT2D eigenvalue weighted by Crippen LogP contribution is 2.23. The number of rotatable bonds is 8. The third kappa shape index (κ3) is 4.13. The molecule has 0 spiro atoms. The predicted molar refractivity (Wildman–Crippen MR) is 105 cm³/mol. The van der Waals surface area contributed by atoms with Crippen LogP contribution in [-0.2, 0) is 17.9 Å². The summed E-state index contributed by atoms with van der Waals surface area (Å²) >= 11 is 0. The van der Waals surface area contributed by atoms with E-state index in [2.05, 4.69) is 15.1 Å². The molecule has 0 saturated heterocycles. The lowest BCUT2D eigenvalue weighted by atomic mass is 10.2. The van der Waals surface area contributed by atoms with Crippen LogP contribution in [0.4, 0.5) is 11.5 Å². The van der Waals surface area contributed by atoms with Crippen molar-refractivity contribution in [2.24, 2.45) is 0 Å². The first-order chi connectivity index (χ1) is 13.9. The first-order valence-corrected chi connectivity index (χ1v) is 9.24. The normalized spacial score (nSPS) is 12.1. The van der Waals surface area contributed by atoms with Crippen molar-refractivity contribution in [3.8, 4) is 0 Å². The van der Waals surface area contributed by atoms with Crippen LogP contribution in [0.25, 0.3) is 0 Å². The number of hydrogen-bond acceptors (Lipinski definition) is 7. The zero-order valence-corrected chi connectivity index (χ0v) is 16.2. The van der Waals surface area contributed by atoms with Crippen LogP contribution in [0.2, 0.25) is 0 Å². The SMILES string of the molecule is CCCCn1c(N)c(N(Cc2ccco2)C(=O)C(C)n2cncn2)c(=O)[nH]c1=O. The molecular weight excluding hydrogens is 378 g/mol. The molecule has 3 aromatic rings. The minimum atomic E-state index is -0.762. The van der Waals surface area contributed by atoms with Crippen molar-refractivity contribution >= 4 is 17.4 Å². The second kappa shape index (κ2) is 8.59. The number of aromatic amines is 1. The number of nitrogen functional groups attached to an aromatic ring is 1. The molecule has 3 aromatic heterocycles. The molecule has 11 nitrogen and oxygen atoms in total. The summed E-state index contributed by atoms with van der Waals surface area (Å²) in [6, 6.07) is 2.59. The highest BCUT2D eigenvalue weighted by Gasteiger charge is 2.29. The van der Waals surface area contributed by atoms with E-state index in [0.717, 1.165) is 6.42 Å². The Morgan fingerprint density at radius 2 is 2.21 bits per heavy atom. The second-order valence-corrected chi connectivity index (χ2v) is 6.55. The molecule has 0 fully saturated rings. The van der Waals surface area contributed by atoms with Gasteiger partial charge in [-0.2, -0.15) is 5.10 Å². The number of nitrogens with zero attached hydrogens (tertiary/aromatic N) is 5. The molecular formula is C18H23N7O4. The van der Waals surface area contributed by atoms with E-state index >= 15 is 0 Å². The first kappa shape index (κ1) is 20.1. The number of nitrogens with two attached hydrogens (primary N) is 1. The lowest BCUT2D eigenvalue weighted by Gasteiger charge is -2.26. The van der Waals surface area contributed by atoms with E-state index in [-0.39, 0.29) is 18.1 Å². The number of amides is 1. The Morgan fingerprint density at radius 1 is 1.41 bits per heavy atom. The number of anilines is 2. The van der Waals surface area contributed by atoms with Crippen LogP contribution >= 0.6 is 0 Å². The molecule has 0 aromatic carbocycles. The summed E-state index contributed by atoms with van der Waals surface area (Å²) in [5, 5.41) is 3.99. The molecule has 0 aliphatic carbocycles. The molecule has 1 atom stereocenters. The van der Waals surface area contributed by atoms with Crippen molar-refractivity contribution in [1.82, 2.24) is 24.3 Å². The number of unbranched alkanes of at least 4 members (excludes halogenated alkanes) is 1. The van der Waals surface area contributed by atoms with Crippen molar-refractivity contribution in [1.29, 1.82) is 0 Å². The minimum absolute atomic E-state index is 0.0376. The number of H-pyrrole nitrogens is 1. The van der Waals surface area contributed by atoms with Gasteiger partial charge in [0.15, 0.2) is 5.69 Å². The molecule has 3 rings (SSSR count). The summed E-state index contributed by atoms with van der Waals surface area (Å²) in [4.78, 5) is 45.5. The number of furan rings is 1. The fourth-order valence-corrected chi connectivity index (χ4v) is 2.96. The van der Waals surface area contributed by atoms with Crippen molar-refractivity contribution in [2.75, 3.05) is 10.6 Å². The quantitative estimate of drug-likeness (QED) is 0.570. The van der Waals surface area contributed by atoms with Gasteiger partial charge in [0, 0.05) is 6.54 Å². The van der Waals surface area contributed by atoms with Crippen LogP contribution in [0, 0.1) is 0 Å². The Labute approximate surface area is 165 Å². The smallest absolute Gasteiger partial charge is 0.330 e. The number of aromatic nitrogens is 5. The van der Waals surface area contributed by atoms with Crippen molar-refractivity contribution in [2.45, 2.75) is 45.8 Å². The van der Waals surface area contributed by atoms with Gasteiger partial charge in [-0.1, -0.05) is 13.3 Å². The first-order valence-electron chi connectivity index (χ1n) is 9.24. The molecule has 0 bridgehead atoms. The fraction of sp³-hybridized carbons (Fsp3) is 0.389. The van der Waals surface area contributed by atoms with Gasteiger partial charge in [-0.05, 0) is 25.5 Å². The minimum Gasteiger partial charge on any atom is -0.467 e. The Morgan fingerprint density at radius 3 is 2.83 bits per heavy atom. The monoisotopic (exact) mass is 401 g/mol. The maximum Gasteiger partial charge on any atom is 0.330 e. The Kier molecular flexibility index (Phi) is 5.96. The average Bonchev–Trinajstić information content (AvgIpc) is 3.39. The van der Waals surface area contributed by atoms with E-state index in [4.69, 9.17) is 10.2 Å². The van der Waals surface area contributed by atoms with E-state index in [0.29, 0.717) is 18.7 Å². The van der Waals surface area contributed by atoms with Crippen LogP contribution in [-0.4, -0.2) is 30.2 Å². The maximum absolute atomic E-state index is 13.3. The highest BCUT2D eigenvalue weighted by molar-refractivity contribution is 5.97. The van der Waals surface area contributed by atoms with Gasteiger partial charge in [0.05, 0.1) is 12.8 Å². The maximum atomic E-state index is 13.3. The van der Waals surface area contributed by atoms with E-state index in [1.807, 2.05) is 6.92 Å². The summed E-state index contributed by atoms with van der Waals surface area (Å²) in [7, 11) is 0.